The summed E-state index contributed by atoms with van der Waals surface area (Å²) in [5, 5.41) is 9.56. The molecule has 1 fully saturated rings. The summed E-state index contributed by atoms with van der Waals surface area (Å²) in [5.74, 6) is -1.90. The highest BCUT2D eigenvalue weighted by Gasteiger charge is 2.43. The van der Waals surface area contributed by atoms with Crippen LogP contribution in [0.5, 0.6) is 0 Å². The smallest absolute Gasteiger partial charge is 0.410 e. The molecule has 9 atom stereocenters. The maximum absolute atomic E-state index is 14.8. The molecule has 0 spiro atoms. The van der Waals surface area contributed by atoms with Gasteiger partial charge in [-0.25, -0.2) is 9.78 Å². The standard InChI is InChI=1S/C56H76N6O7S2/c1-12-36(6)50(46(67-10)32-47(63)62-29-20-27-45(62)51(68-11)37(7)53(70)58-44(54-57-28-30-71-54)31-38-21-14-13-15-22-38)60(8)55(65)48(34(2)3)59-52(64)49(35(4)5)61(9)56(66)69-33-43-41-25-18-16-23-39(41)40-24-17-19-26-42(40)43/h13-19,21-26,28,30,34-37,43-46,48-51H,12,20,27,29,31-33H2,1-11H3,(H,58,70)(H,59,64)/t36-,37+,44-,45-,46+,48-,49-,50-,51+/m0/s1. The van der Waals surface area contributed by atoms with Crippen molar-refractivity contribution in [3.8, 4) is 11.1 Å². The molecule has 4 aromatic rings. The number of hydrogen-bond acceptors (Lipinski definition) is 10. The molecule has 13 nitrogen and oxygen atoms in total. The largest absolute Gasteiger partial charge is 0.448 e. The Balaban J connectivity index is 1.11. The van der Waals surface area contributed by atoms with Crippen molar-refractivity contribution in [3.05, 3.63) is 112 Å². The first-order chi connectivity index (χ1) is 34.0. The van der Waals surface area contributed by atoms with Gasteiger partial charge in [-0.1, -0.05) is 146 Å². The topological polar surface area (TPSA) is 143 Å². The van der Waals surface area contributed by atoms with Gasteiger partial charge in [-0.3, -0.25) is 19.3 Å². The van der Waals surface area contributed by atoms with Crippen molar-refractivity contribution in [3.63, 3.8) is 0 Å². The lowest BCUT2D eigenvalue weighted by molar-refractivity contribution is -0.147. The summed E-state index contributed by atoms with van der Waals surface area (Å²) in [7, 11) is 6.56. The average Bonchev–Trinajstić information content (AvgIpc) is 4.15. The third-order valence-corrected chi connectivity index (χ3v) is 16.2. The van der Waals surface area contributed by atoms with Crippen molar-refractivity contribution in [2.45, 2.75) is 129 Å². The molecule has 0 bridgehead atoms. The second kappa shape index (κ2) is 25.4. The number of fused-ring (bicyclic) bond motifs is 3. The molecule has 1 aliphatic heterocycles. The van der Waals surface area contributed by atoms with Gasteiger partial charge in [0.15, 0.2) is 0 Å². The molecule has 6 rings (SSSR count). The van der Waals surface area contributed by atoms with E-state index in [-0.39, 0.29) is 72.6 Å². The van der Waals surface area contributed by atoms with Crippen LogP contribution in [0.4, 0.5) is 4.79 Å². The van der Waals surface area contributed by atoms with Crippen LogP contribution in [0.2, 0.25) is 0 Å². The minimum atomic E-state index is -0.934. The van der Waals surface area contributed by atoms with E-state index in [0.717, 1.165) is 40.1 Å². The third kappa shape index (κ3) is 12.9. The molecular weight excluding hydrogens is 933 g/mol. The van der Waals surface area contributed by atoms with Crippen LogP contribution in [0.1, 0.15) is 108 Å². The second-order valence-electron chi connectivity index (χ2n) is 20.0. The Labute approximate surface area is 431 Å². The van der Waals surface area contributed by atoms with Crippen molar-refractivity contribution in [1.82, 2.24) is 30.3 Å². The summed E-state index contributed by atoms with van der Waals surface area (Å²) < 4.78 is 18.3. The molecular formula is C56H76N6O7S2. The number of methoxy groups -OCH3 is 2. The monoisotopic (exact) mass is 1010 g/mol. The predicted octanol–water partition coefficient (Wildman–Crippen LogP) is 9.31. The first-order valence-corrected chi connectivity index (χ1v) is 26.5. The molecule has 71 heavy (non-hydrogen) atoms. The van der Waals surface area contributed by atoms with E-state index in [4.69, 9.17) is 26.4 Å². The van der Waals surface area contributed by atoms with E-state index in [0.29, 0.717) is 24.4 Å². The van der Waals surface area contributed by atoms with Gasteiger partial charge < -0.3 is 34.6 Å². The summed E-state index contributed by atoms with van der Waals surface area (Å²) >= 11 is 7.67. The Bertz CT molecular complexity index is 2360. The van der Waals surface area contributed by atoms with Crippen LogP contribution in [-0.4, -0.2) is 126 Å². The van der Waals surface area contributed by atoms with Gasteiger partial charge in [0.05, 0.1) is 41.7 Å². The highest BCUT2D eigenvalue weighted by atomic mass is 32.1. The molecule has 1 saturated heterocycles. The zero-order chi connectivity index (χ0) is 51.5. The minimum Gasteiger partial charge on any atom is -0.448 e. The van der Waals surface area contributed by atoms with Gasteiger partial charge in [-0.15, -0.1) is 11.3 Å². The summed E-state index contributed by atoms with van der Waals surface area (Å²) in [5.41, 5.74) is 5.60. The van der Waals surface area contributed by atoms with E-state index in [2.05, 4.69) is 72.8 Å². The highest BCUT2D eigenvalue weighted by Crippen LogP contribution is 2.44. The van der Waals surface area contributed by atoms with Gasteiger partial charge in [0.25, 0.3) is 0 Å². The number of carbonyl (C=O) groups is 4. The number of ether oxygens (including phenoxy) is 3. The van der Waals surface area contributed by atoms with Crippen LogP contribution >= 0.6 is 23.6 Å². The van der Waals surface area contributed by atoms with Crippen molar-refractivity contribution in [1.29, 1.82) is 0 Å². The summed E-state index contributed by atoms with van der Waals surface area (Å²) in [4.78, 5) is 67.7. The van der Waals surface area contributed by atoms with E-state index in [1.54, 1.807) is 50.7 Å². The fraction of sp³-hybridized carbons (Fsp3) is 0.536. The van der Waals surface area contributed by atoms with Crippen molar-refractivity contribution >= 4 is 52.4 Å². The Morgan fingerprint density at radius 1 is 0.845 bits per heavy atom. The third-order valence-electron chi connectivity index (χ3n) is 14.8. The normalized spacial score (nSPS) is 17.8. The van der Waals surface area contributed by atoms with E-state index in [1.165, 1.54) is 10.5 Å². The second-order valence-corrected chi connectivity index (χ2v) is 21.4. The quantitative estimate of drug-likeness (QED) is 0.0691. The molecule has 384 valence electrons. The Morgan fingerprint density at radius 2 is 1.48 bits per heavy atom. The molecule has 4 amide bonds. The lowest BCUT2D eigenvalue weighted by Crippen LogP contribution is -2.60. The molecule has 1 aromatic heterocycles. The number of likely N-dealkylation sites (tertiary alicyclic amines) is 1. The van der Waals surface area contributed by atoms with Gasteiger partial charge in [0.2, 0.25) is 17.7 Å². The van der Waals surface area contributed by atoms with Gasteiger partial charge in [0.1, 0.15) is 23.7 Å². The van der Waals surface area contributed by atoms with Crippen LogP contribution < -0.4 is 10.6 Å². The zero-order valence-electron chi connectivity index (χ0n) is 43.5. The Hall–Kier alpha value is -5.22. The van der Waals surface area contributed by atoms with Crippen LogP contribution in [0.15, 0.2) is 90.4 Å². The molecule has 2 heterocycles. The van der Waals surface area contributed by atoms with Gasteiger partial charge >= 0.3 is 6.09 Å². The number of thiocarbonyl (C=S) groups is 1. The molecule has 1 aliphatic carbocycles. The minimum absolute atomic E-state index is 0.0371. The van der Waals surface area contributed by atoms with Gasteiger partial charge in [-0.05, 0) is 64.8 Å². The van der Waals surface area contributed by atoms with E-state index >= 15 is 0 Å². The SMILES string of the molecule is CC[C@H](C)[C@@H]([C@@H](CC(=O)N1CCC[C@H]1[C@H](OC)[C@@H](C)C(=S)N[C@@H](Cc1ccccc1)c1nccs1)OC)N(C)C(=O)[C@@H](NC(=O)[C@H](C(C)C)N(C)C(=O)OCC1c2ccccc2-c2ccccc21)C(C)C. The number of likely N-dealkylation sites (N-methyl/N-ethyl adjacent to an activating group) is 2. The highest BCUT2D eigenvalue weighted by molar-refractivity contribution is 7.80. The number of thiazole rings is 1. The van der Waals surface area contributed by atoms with Crippen molar-refractivity contribution in [2.24, 2.45) is 23.7 Å². The first kappa shape index (κ1) is 55.1. The van der Waals surface area contributed by atoms with E-state index in [1.807, 2.05) is 80.4 Å². The predicted molar refractivity (Wildman–Crippen MR) is 285 cm³/mol. The van der Waals surface area contributed by atoms with Crippen LogP contribution in [0.25, 0.3) is 11.1 Å². The van der Waals surface area contributed by atoms with Crippen LogP contribution in [-0.2, 0) is 35.0 Å². The summed E-state index contributed by atoms with van der Waals surface area (Å²) in [6.07, 6.45) is 3.18. The lowest BCUT2D eigenvalue weighted by Gasteiger charge is -2.41. The van der Waals surface area contributed by atoms with Crippen molar-refractivity contribution < 1.29 is 33.4 Å². The summed E-state index contributed by atoms with van der Waals surface area (Å²) in [6, 6.07) is 23.8. The lowest BCUT2D eigenvalue weighted by atomic mass is 9.89. The zero-order valence-corrected chi connectivity index (χ0v) is 45.1. The number of hydrogen-bond donors (Lipinski definition) is 2. The van der Waals surface area contributed by atoms with Crippen molar-refractivity contribution in [2.75, 3.05) is 41.5 Å². The molecule has 15 heteroatoms. The van der Waals surface area contributed by atoms with Crippen LogP contribution in [0.3, 0.4) is 0 Å². The number of benzene rings is 3. The fourth-order valence-corrected chi connectivity index (χ4v) is 11.7. The number of carbonyl (C=O) groups excluding carboxylic acids is 4. The fourth-order valence-electron chi connectivity index (χ4n) is 10.8. The number of amides is 4. The molecule has 2 N–H and O–H groups in total. The molecule has 2 aliphatic rings. The molecule has 0 saturated carbocycles. The number of aromatic nitrogens is 1. The molecule has 0 radical (unpaired) electrons. The van der Waals surface area contributed by atoms with E-state index in [9.17, 15) is 19.2 Å². The van der Waals surface area contributed by atoms with Gasteiger partial charge in [-0.2, -0.15) is 0 Å². The van der Waals surface area contributed by atoms with Gasteiger partial charge in [0, 0.05) is 58.3 Å². The average molecular weight is 1010 g/mol. The number of nitrogens with zero attached hydrogens (tertiary/aromatic N) is 4. The Kier molecular flexibility index (Phi) is 19.7. The maximum Gasteiger partial charge on any atom is 0.410 e. The summed E-state index contributed by atoms with van der Waals surface area (Å²) in [6.45, 7) is 14.3. The Morgan fingerprint density at radius 3 is 2.04 bits per heavy atom. The van der Waals surface area contributed by atoms with E-state index < -0.39 is 36.2 Å². The molecule has 3 aromatic carbocycles. The first-order valence-electron chi connectivity index (χ1n) is 25.3. The molecule has 0 unspecified atom stereocenters. The maximum atomic E-state index is 14.8. The van der Waals surface area contributed by atoms with Crippen LogP contribution in [0, 0.1) is 23.7 Å². The number of rotatable bonds is 23. The number of nitrogens with one attached hydrogen (secondary N) is 2.